The second kappa shape index (κ2) is 3.95. The van der Waals surface area contributed by atoms with E-state index in [4.69, 9.17) is 0 Å². The topological polar surface area (TPSA) is 49.9 Å². The number of hydrogen-bond donors (Lipinski definition) is 1. The molecule has 1 heterocycles. The number of aromatic amines is 1. The molecule has 0 aliphatic heterocycles. The van der Waals surface area contributed by atoms with Crippen LogP contribution in [0.25, 0.3) is 0 Å². The van der Waals surface area contributed by atoms with Crippen LogP contribution in [0.1, 0.15) is 26.2 Å². The summed E-state index contributed by atoms with van der Waals surface area (Å²) in [6.07, 6.45) is 4.87. The molecule has 62 valence electrons. The SMILES string of the molecule is CCCCC[n+]1cc(=O)o[nH]1. The van der Waals surface area contributed by atoms with Crippen LogP contribution in [0.5, 0.6) is 0 Å². The van der Waals surface area contributed by atoms with Crippen molar-refractivity contribution >= 4 is 0 Å². The smallest absolute Gasteiger partial charge is 0.284 e. The molecular weight excluding hydrogens is 144 g/mol. The molecular formula is C7H13N2O2+. The molecule has 0 saturated carbocycles. The largest absolute Gasteiger partial charge is 0.426 e. The molecule has 0 saturated heterocycles. The number of nitrogens with one attached hydrogen (secondary N) is 1. The molecule has 0 atom stereocenters. The lowest BCUT2D eigenvalue weighted by Crippen LogP contribution is -2.35. The second-order valence-electron chi connectivity index (χ2n) is 2.54. The molecule has 1 aromatic rings. The van der Waals surface area contributed by atoms with Crippen LogP contribution in [0.2, 0.25) is 0 Å². The summed E-state index contributed by atoms with van der Waals surface area (Å²) in [5.41, 5.74) is -0.318. The molecule has 0 aliphatic rings. The van der Waals surface area contributed by atoms with E-state index < -0.39 is 0 Å². The molecule has 1 aromatic heterocycles. The fourth-order valence-corrected chi connectivity index (χ4v) is 0.926. The van der Waals surface area contributed by atoms with Crippen molar-refractivity contribution in [1.29, 1.82) is 0 Å². The Morgan fingerprint density at radius 3 is 3.00 bits per heavy atom. The Hall–Kier alpha value is -1.06. The molecule has 0 aromatic carbocycles. The summed E-state index contributed by atoms with van der Waals surface area (Å²) in [6, 6.07) is 0. The lowest BCUT2D eigenvalue weighted by molar-refractivity contribution is -0.762. The van der Waals surface area contributed by atoms with Crippen molar-refractivity contribution in [3.8, 4) is 0 Å². The number of aryl methyl sites for hydroxylation is 1. The van der Waals surface area contributed by atoms with E-state index in [1.54, 1.807) is 4.68 Å². The van der Waals surface area contributed by atoms with Crippen molar-refractivity contribution in [3.63, 3.8) is 0 Å². The number of H-pyrrole nitrogens is 1. The third-order valence-corrected chi connectivity index (χ3v) is 1.53. The number of unbranched alkanes of at least 4 members (excludes halogenated alkanes) is 2. The van der Waals surface area contributed by atoms with Gasteiger partial charge in [-0.2, -0.15) is 0 Å². The van der Waals surface area contributed by atoms with Gasteiger partial charge in [0.15, 0.2) is 6.54 Å². The standard InChI is InChI=1S/C7H12N2O2/c1-2-3-4-5-9-6-7(10)11-8-9/h6H,2-5H2,1H3/p+1. The van der Waals surface area contributed by atoms with Gasteiger partial charge in [0.25, 0.3) is 6.20 Å². The maximum atomic E-state index is 10.5. The highest BCUT2D eigenvalue weighted by Crippen LogP contribution is 1.91. The first-order chi connectivity index (χ1) is 5.33. The maximum absolute atomic E-state index is 10.5. The summed E-state index contributed by atoms with van der Waals surface area (Å²) in [5.74, 6) is 0. The third kappa shape index (κ3) is 2.57. The summed E-state index contributed by atoms with van der Waals surface area (Å²) >= 11 is 0. The average Bonchev–Trinajstić information content (AvgIpc) is 2.37. The zero-order chi connectivity index (χ0) is 8.10. The first-order valence-corrected chi connectivity index (χ1v) is 3.91. The van der Waals surface area contributed by atoms with Gasteiger partial charge in [-0.3, -0.25) is 4.52 Å². The Labute approximate surface area is 64.8 Å². The fourth-order valence-electron chi connectivity index (χ4n) is 0.926. The Morgan fingerprint density at radius 2 is 2.45 bits per heavy atom. The van der Waals surface area contributed by atoms with E-state index in [0.717, 1.165) is 13.0 Å². The van der Waals surface area contributed by atoms with Gasteiger partial charge in [0.05, 0.1) is 0 Å². The van der Waals surface area contributed by atoms with Crippen LogP contribution in [0.4, 0.5) is 0 Å². The molecule has 4 heteroatoms. The van der Waals surface area contributed by atoms with Gasteiger partial charge in [-0.05, 0) is 11.7 Å². The molecule has 11 heavy (non-hydrogen) atoms. The first-order valence-electron chi connectivity index (χ1n) is 3.91. The zero-order valence-corrected chi connectivity index (χ0v) is 6.67. The van der Waals surface area contributed by atoms with E-state index in [1.165, 1.54) is 19.0 Å². The molecule has 0 spiro atoms. The van der Waals surface area contributed by atoms with E-state index in [9.17, 15) is 4.79 Å². The lowest BCUT2D eigenvalue weighted by atomic mass is 10.2. The quantitative estimate of drug-likeness (QED) is 0.509. The van der Waals surface area contributed by atoms with E-state index in [-0.39, 0.29) is 5.63 Å². The van der Waals surface area contributed by atoms with Gasteiger partial charge >= 0.3 is 5.63 Å². The maximum Gasteiger partial charge on any atom is 0.426 e. The van der Waals surface area contributed by atoms with Crippen molar-refractivity contribution in [3.05, 3.63) is 16.6 Å². The molecule has 1 rings (SSSR count). The number of hydrogen-bond acceptors (Lipinski definition) is 2. The van der Waals surface area contributed by atoms with Gasteiger partial charge in [-0.25, -0.2) is 4.79 Å². The van der Waals surface area contributed by atoms with Crippen molar-refractivity contribution in [2.45, 2.75) is 32.7 Å². The van der Waals surface area contributed by atoms with Crippen molar-refractivity contribution in [2.75, 3.05) is 0 Å². The highest BCUT2D eigenvalue weighted by molar-refractivity contribution is 4.48. The van der Waals surface area contributed by atoms with Gasteiger partial charge in [-0.1, -0.05) is 18.0 Å². The monoisotopic (exact) mass is 157 g/mol. The minimum absolute atomic E-state index is 0.318. The Kier molecular flexibility index (Phi) is 2.89. The Bertz CT molecular complexity index is 251. The molecule has 0 bridgehead atoms. The van der Waals surface area contributed by atoms with Gasteiger partial charge in [0, 0.05) is 6.42 Å². The van der Waals surface area contributed by atoms with Crippen LogP contribution in [0.15, 0.2) is 15.5 Å². The second-order valence-corrected chi connectivity index (χ2v) is 2.54. The summed E-state index contributed by atoms with van der Waals surface area (Å²) < 4.78 is 6.14. The number of nitrogens with zero attached hydrogens (tertiary/aromatic N) is 1. The fraction of sp³-hybridized carbons (Fsp3) is 0.714. The normalized spacial score (nSPS) is 10.3. The van der Waals surface area contributed by atoms with Gasteiger partial charge < -0.3 is 0 Å². The average molecular weight is 157 g/mol. The Morgan fingerprint density at radius 1 is 1.64 bits per heavy atom. The zero-order valence-electron chi connectivity index (χ0n) is 6.67. The molecule has 1 N–H and O–H groups in total. The summed E-state index contributed by atoms with van der Waals surface area (Å²) in [5, 5.41) is 2.49. The van der Waals surface area contributed by atoms with Crippen LogP contribution >= 0.6 is 0 Å². The Balaban J connectivity index is 2.33. The van der Waals surface area contributed by atoms with Crippen LogP contribution < -0.4 is 10.3 Å². The predicted octanol–water partition coefficient (Wildman–Crippen LogP) is 0.446. The van der Waals surface area contributed by atoms with Crippen LogP contribution in [-0.2, 0) is 6.54 Å². The molecule has 0 fully saturated rings. The molecule has 0 aliphatic carbocycles. The lowest BCUT2D eigenvalue weighted by Gasteiger charge is -1.88. The van der Waals surface area contributed by atoms with Crippen molar-refractivity contribution in [1.82, 2.24) is 5.27 Å². The molecule has 0 amide bonds. The summed E-state index contributed by atoms with van der Waals surface area (Å²) in [4.78, 5) is 10.5. The van der Waals surface area contributed by atoms with Gasteiger partial charge in [-0.15, -0.1) is 0 Å². The van der Waals surface area contributed by atoms with Crippen LogP contribution in [-0.4, -0.2) is 5.27 Å². The van der Waals surface area contributed by atoms with Crippen molar-refractivity contribution < 1.29 is 9.20 Å². The summed E-state index contributed by atoms with van der Waals surface area (Å²) in [7, 11) is 0. The molecule has 0 radical (unpaired) electrons. The van der Waals surface area contributed by atoms with Gasteiger partial charge in [0.2, 0.25) is 0 Å². The van der Waals surface area contributed by atoms with E-state index in [0.29, 0.717) is 0 Å². The van der Waals surface area contributed by atoms with E-state index >= 15 is 0 Å². The van der Waals surface area contributed by atoms with E-state index in [1.807, 2.05) is 0 Å². The van der Waals surface area contributed by atoms with Crippen LogP contribution in [0.3, 0.4) is 0 Å². The summed E-state index contributed by atoms with van der Waals surface area (Å²) in [6.45, 7) is 2.97. The minimum atomic E-state index is -0.318. The van der Waals surface area contributed by atoms with Gasteiger partial charge in [0.1, 0.15) is 0 Å². The number of aromatic nitrogens is 2. The molecule has 4 nitrogen and oxygen atoms in total. The highest BCUT2D eigenvalue weighted by atomic mass is 16.5. The van der Waals surface area contributed by atoms with Crippen molar-refractivity contribution in [2.24, 2.45) is 0 Å². The minimum Gasteiger partial charge on any atom is -0.284 e. The third-order valence-electron chi connectivity index (χ3n) is 1.53. The first kappa shape index (κ1) is 8.04. The molecule has 0 unspecified atom stereocenters. The predicted molar refractivity (Wildman–Crippen MR) is 39.0 cm³/mol. The highest BCUT2D eigenvalue weighted by Gasteiger charge is 2.03. The number of rotatable bonds is 4. The van der Waals surface area contributed by atoms with E-state index in [2.05, 4.69) is 16.7 Å². The van der Waals surface area contributed by atoms with Crippen LogP contribution in [0, 0.1) is 0 Å².